The number of halogens is 5. The van der Waals surface area contributed by atoms with E-state index in [9.17, 15) is 31.5 Å². The highest BCUT2D eigenvalue weighted by atomic mass is 19.4. The number of nitrogens with one attached hydrogen (secondary N) is 2. The molecular formula is C19H17F5N2O4. The Morgan fingerprint density at radius 1 is 1.00 bits per heavy atom. The zero-order valence-electron chi connectivity index (χ0n) is 15.8. The first-order chi connectivity index (χ1) is 14.0. The van der Waals surface area contributed by atoms with E-state index in [1.807, 2.05) is 5.32 Å². The maximum absolute atomic E-state index is 14.0. The summed E-state index contributed by atoms with van der Waals surface area (Å²) < 4.78 is 77.6. The summed E-state index contributed by atoms with van der Waals surface area (Å²) in [5.41, 5.74) is -3.74. The molecule has 162 valence electrons. The molecule has 0 bridgehead atoms. The van der Waals surface area contributed by atoms with Crippen LogP contribution >= 0.6 is 0 Å². The van der Waals surface area contributed by atoms with Crippen molar-refractivity contribution in [2.24, 2.45) is 0 Å². The fourth-order valence-electron chi connectivity index (χ4n) is 2.32. The molecule has 30 heavy (non-hydrogen) atoms. The molecule has 2 amide bonds. The van der Waals surface area contributed by atoms with Crippen molar-refractivity contribution in [3.8, 4) is 5.75 Å². The predicted molar refractivity (Wildman–Crippen MR) is 95.7 cm³/mol. The summed E-state index contributed by atoms with van der Waals surface area (Å²) in [6.07, 6.45) is -5.48. The molecule has 0 fully saturated rings. The van der Waals surface area contributed by atoms with E-state index < -0.39 is 47.9 Å². The van der Waals surface area contributed by atoms with Gasteiger partial charge in [-0.2, -0.15) is 13.2 Å². The maximum atomic E-state index is 14.0. The first-order valence-electron chi connectivity index (χ1n) is 8.52. The second kappa shape index (κ2) is 8.97. The van der Waals surface area contributed by atoms with Crippen LogP contribution in [0, 0.1) is 18.6 Å². The smallest absolute Gasteiger partial charge is 0.460 e. The molecule has 0 spiro atoms. The molecule has 2 N–H and O–H groups in total. The van der Waals surface area contributed by atoms with Gasteiger partial charge < -0.3 is 14.8 Å². The van der Waals surface area contributed by atoms with Crippen molar-refractivity contribution in [3.63, 3.8) is 0 Å². The minimum absolute atomic E-state index is 0.130. The molecule has 0 saturated heterocycles. The number of hydrogen-bond donors (Lipinski definition) is 2. The van der Waals surface area contributed by atoms with E-state index in [0.717, 1.165) is 36.4 Å². The largest absolute Gasteiger partial charge is 0.461 e. The van der Waals surface area contributed by atoms with Crippen LogP contribution < -0.4 is 15.4 Å². The van der Waals surface area contributed by atoms with Gasteiger partial charge in [0, 0.05) is 5.69 Å². The van der Waals surface area contributed by atoms with E-state index in [1.165, 1.54) is 25.2 Å². The molecule has 2 rings (SSSR count). The highest BCUT2D eigenvalue weighted by Crippen LogP contribution is 2.34. The SMILES string of the molecule is CCOC(=O)C(NC(=O)Nc1cc(F)ccc1C)(Oc1ccc(F)cc1)C(F)(F)F. The van der Waals surface area contributed by atoms with Gasteiger partial charge in [-0.25, -0.2) is 18.4 Å². The van der Waals surface area contributed by atoms with Gasteiger partial charge in [-0.05, 0) is 55.8 Å². The molecule has 6 nitrogen and oxygen atoms in total. The summed E-state index contributed by atoms with van der Waals surface area (Å²) in [4.78, 5) is 24.5. The summed E-state index contributed by atoms with van der Waals surface area (Å²) in [6, 6.07) is 5.04. The zero-order chi connectivity index (χ0) is 22.5. The van der Waals surface area contributed by atoms with E-state index in [4.69, 9.17) is 4.74 Å². The van der Waals surface area contributed by atoms with Gasteiger partial charge in [-0.3, -0.25) is 5.32 Å². The number of carbonyl (C=O) groups excluding carboxylic acids is 2. The number of hydrogen-bond acceptors (Lipinski definition) is 4. The second-order valence-corrected chi connectivity index (χ2v) is 5.99. The quantitative estimate of drug-likeness (QED) is 0.406. The van der Waals surface area contributed by atoms with Gasteiger partial charge in [-0.15, -0.1) is 0 Å². The van der Waals surface area contributed by atoms with Gasteiger partial charge in [0.1, 0.15) is 17.4 Å². The molecule has 0 aliphatic rings. The van der Waals surface area contributed by atoms with Crippen molar-refractivity contribution in [3.05, 3.63) is 59.7 Å². The molecule has 0 radical (unpaired) electrons. The number of urea groups is 1. The van der Waals surface area contributed by atoms with Crippen molar-refractivity contribution < 1.29 is 41.0 Å². The van der Waals surface area contributed by atoms with Crippen molar-refractivity contribution in [1.82, 2.24) is 5.32 Å². The minimum Gasteiger partial charge on any atom is -0.461 e. The summed E-state index contributed by atoms with van der Waals surface area (Å²) in [5, 5.41) is 3.46. The lowest BCUT2D eigenvalue weighted by Gasteiger charge is -2.34. The third-order valence-electron chi connectivity index (χ3n) is 3.78. The minimum atomic E-state index is -5.48. The monoisotopic (exact) mass is 432 g/mol. The first-order valence-corrected chi connectivity index (χ1v) is 8.52. The Morgan fingerprint density at radius 2 is 1.60 bits per heavy atom. The van der Waals surface area contributed by atoms with E-state index in [2.05, 4.69) is 4.74 Å². The molecule has 0 aliphatic carbocycles. The Morgan fingerprint density at radius 3 is 2.17 bits per heavy atom. The highest BCUT2D eigenvalue weighted by molar-refractivity contribution is 5.94. The molecule has 0 aliphatic heterocycles. The van der Waals surface area contributed by atoms with E-state index in [1.54, 1.807) is 0 Å². The molecular weight excluding hydrogens is 415 g/mol. The van der Waals surface area contributed by atoms with Gasteiger partial charge in [0.25, 0.3) is 0 Å². The van der Waals surface area contributed by atoms with Crippen LogP contribution in [0.1, 0.15) is 12.5 Å². The number of carbonyl (C=O) groups is 2. The highest BCUT2D eigenvalue weighted by Gasteiger charge is 2.66. The van der Waals surface area contributed by atoms with Gasteiger partial charge in [0.15, 0.2) is 0 Å². The van der Waals surface area contributed by atoms with Crippen LogP contribution in [0.2, 0.25) is 0 Å². The predicted octanol–water partition coefficient (Wildman–Crippen LogP) is 4.30. The Balaban J connectivity index is 2.42. The van der Waals surface area contributed by atoms with E-state index in [-0.39, 0.29) is 5.69 Å². The van der Waals surface area contributed by atoms with E-state index in [0.29, 0.717) is 5.56 Å². The molecule has 0 saturated carbocycles. The molecule has 11 heteroatoms. The number of anilines is 1. The number of alkyl halides is 3. The van der Waals surface area contributed by atoms with Gasteiger partial charge >= 0.3 is 23.9 Å². The summed E-state index contributed by atoms with van der Waals surface area (Å²) in [7, 11) is 0. The molecule has 1 atom stereocenters. The van der Waals surface area contributed by atoms with Gasteiger partial charge in [-0.1, -0.05) is 6.07 Å². The van der Waals surface area contributed by atoms with Crippen LogP contribution in [0.15, 0.2) is 42.5 Å². The fourth-order valence-corrected chi connectivity index (χ4v) is 2.32. The lowest BCUT2D eigenvalue weighted by molar-refractivity contribution is -0.259. The summed E-state index contributed by atoms with van der Waals surface area (Å²) in [5.74, 6) is -4.02. The average molecular weight is 432 g/mol. The van der Waals surface area contributed by atoms with Crippen molar-refractivity contribution in [2.45, 2.75) is 25.7 Å². The molecule has 1 unspecified atom stereocenters. The Hall–Kier alpha value is -3.37. The number of esters is 1. The van der Waals surface area contributed by atoms with Crippen LogP contribution in [0.5, 0.6) is 5.75 Å². The van der Waals surface area contributed by atoms with Crippen LogP contribution in [-0.2, 0) is 9.53 Å². The molecule has 0 heterocycles. The van der Waals surface area contributed by atoms with Gasteiger partial charge in [0.2, 0.25) is 0 Å². The molecule has 0 aromatic heterocycles. The van der Waals surface area contributed by atoms with Gasteiger partial charge in [0.05, 0.1) is 6.61 Å². The summed E-state index contributed by atoms with van der Waals surface area (Å²) in [6.45, 7) is 2.29. The topological polar surface area (TPSA) is 76.7 Å². The lowest BCUT2D eigenvalue weighted by Crippen LogP contribution is -2.69. The third kappa shape index (κ3) is 5.16. The lowest BCUT2D eigenvalue weighted by atomic mass is 10.2. The number of ether oxygens (including phenoxy) is 2. The van der Waals surface area contributed by atoms with Crippen molar-refractivity contribution >= 4 is 17.7 Å². The number of rotatable bonds is 6. The second-order valence-electron chi connectivity index (χ2n) is 5.99. The van der Waals surface area contributed by atoms with Crippen LogP contribution in [0.25, 0.3) is 0 Å². The Kier molecular flexibility index (Phi) is 6.85. The zero-order valence-corrected chi connectivity index (χ0v) is 15.8. The standard InChI is InChI=1S/C19H17F5N2O4/c1-3-29-16(27)18(19(22,23)24,30-14-8-6-12(20)7-9-14)26-17(28)25-15-10-13(21)5-4-11(15)2/h4-10H,3H2,1-2H3,(H2,25,26,28). The molecule has 2 aromatic carbocycles. The first kappa shape index (κ1) is 22.9. The van der Waals surface area contributed by atoms with Crippen LogP contribution in [0.3, 0.4) is 0 Å². The summed E-state index contributed by atoms with van der Waals surface area (Å²) >= 11 is 0. The average Bonchev–Trinajstić information content (AvgIpc) is 2.65. The van der Waals surface area contributed by atoms with E-state index >= 15 is 0 Å². The van der Waals surface area contributed by atoms with Crippen LogP contribution in [0.4, 0.5) is 32.4 Å². The fraction of sp³-hybridized carbons (Fsp3) is 0.263. The third-order valence-corrected chi connectivity index (χ3v) is 3.78. The number of amides is 2. The Labute approximate surface area is 168 Å². The van der Waals surface area contributed by atoms with Crippen molar-refractivity contribution in [2.75, 3.05) is 11.9 Å². The number of aryl methyl sites for hydroxylation is 1. The number of benzene rings is 2. The Bertz CT molecular complexity index is 918. The normalized spacial score (nSPS) is 13.2. The van der Waals surface area contributed by atoms with Crippen molar-refractivity contribution in [1.29, 1.82) is 0 Å². The maximum Gasteiger partial charge on any atom is 0.460 e. The molecule has 2 aromatic rings. The van der Waals surface area contributed by atoms with Crippen LogP contribution in [-0.4, -0.2) is 30.5 Å².